The highest BCUT2D eigenvalue weighted by molar-refractivity contribution is 5.92. The molecule has 0 bridgehead atoms. The SMILES string of the molecule is C[C@H](OC(=O)c1ccc2c(c1)OCO2)C(N)=O. The minimum Gasteiger partial charge on any atom is -0.454 e. The van der Waals surface area contributed by atoms with E-state index in [0.29, 0.717) is 11.5 Å². The summed E-state index contributed by atoms with van der Waals surface area (Å²) in [6.07, 6.45) is -0.965. The van der Waals surface area contributed by atoms with Crippen molar-refractivity contribution in [2.75, 3.05) is 6.79 Å². The van der Waals surface area contributed by atoms with Gasteiger partial charge in [-0.05, 0) is 25.1 Å². The smallest absolute Gasteiger partial charge is 0.339 e. The van der Waals surface area contributed by atoms with Crippen LogP contribution in [0.4, 0.5) is 0 Å². The summed E-state index contributed by atoms with van der Waals surface area (Å²) in [6.45, 7) is 1.54. The first kappa shape index (κ1) is 11.3. The average molecular weight is 237 g/mol. The van der Waals surface area contributed by atoms with Crippen molar-refractivity contribution < 1.29 is 23.8 Å². The standard InChI is InChI=1S/C11H11NO5/c1-6(10(12)13)17-11(14)7-2-3-8-9(4-7)16-5-15-8/h2-4,6H,5H2,1H3,(H2,12,13)/t6-/m0/s1. The van der Waals surface area contributed by atoms with Gasteiger partial charge in [-0.2, -0.15) is 0 Å². The zero-order valence-corrected chi connectivity index (χ0v) is 9.14. The van der Waals surface area contributed by atoms with Crippen LogP contribution in [0.1, 0.15) is 17.3 Å². The van der Waals surface area contributed by atoms with Crippen LogP contribution in [0.5, 0.6) is 11.5 Å². The molecule has 1 heterocycles. The van der Waals surface area contributed by atoms with Gasteiger partial charge in [-0.25, -0.2) is 4.79 Å². The van der Waals surface area contributed by atoms with Crippen molar-refractivity contribution in [1.82, 2.24) is 0 Å². The molecular formula is C11H11NO5. The Bertz CT molecular complexity index is 471. The largest absolute Gasteiger partial charge is 0.454 e. The van der Waals surface area contributed by atoms with Crippen LogP contribution in [0.15, 0.2) is 18.2 Å². The number of amides is 1. The van der Waals surface area contributed by atoms with E-state index in [2.05, 4.69) is 0 Å². The summed E-state index contributed by atoms with van der Waals surface area (Å²) in [6, 6.07) is 4.63. The molecule has 1 aliphatic rings. The third-order valence-corrected chi connectivity index (χ3v) is 2.29. The van der Waals surface area contributed by atoms with E-state index in [9.17, 15) is 9.59 Å². The first-order chi connectivity index (χ1) is 8.08. The van der Waals surface area contributed by atoms with Crippen LogP contribution in [-0.4, -0.2) is 24.8 Å². The van der Waals surface area contributed by atoms with Crippen molar-refractivity contribution in [1.29, 1.82) is 0 Å². The number of primary amides is 1. The molecule has 0 aromatic heterocycles. The normalized spacial score (nSPS) is 14.2. The summed E-state index contributed by atoms with van der Waals surface area (Å²) in [5, 5.41) is 0. The molecule has 0 aliphatic carbocycles. The molecule has 1 atom stereocenters. The monoisotopic (exact) mass is 237 g/mol. The summed E-state index contributed by atoms with van der Waals surface area (Å²) >= 11 is 0. The van der Waals surface area contributed by atoms with E-state index in [0.717, 1.165) is 0 Å². The lowest BCUT2D eigenvalue weighted by Gasteiger charge is -2.09. The maximum Gasteiger partial charge on any atom is 0.339 e. The molecule has 2 rings (SSSR count). The van der Waals surface area contributed by atoms with Crippen LogP contribution in [-0.2, 0) is 9.53 Å². The van der Waals surface area contributed by atoms with Gasteiger partial charge >= 0.3 is 5.97 Å². The van der Waals surface area contributed by atoms with Gasteiger partial charge in [-0.1, -0.05) is 0 Å². The van der Waals surface area contributed by atoms with Crippen LogP contribution in [0, 0.1) is 0 Å². The average Bonchev–Trinajstić information content (AvgIpc) is 2.75. The Morgan fingerprint density at radius 1 is 1.35 bits per heavy atom. The molecule has 17 heavy (non-hydrogen) atoms. The number of rotatable bonds is 3. The summed E-state index contributed by atoms with van der Waals surface area (Å²) in [5.74, 6) is -0.274. The van der Waals surface area contributed by atoms with E-state index in [1.165, 1.54) is 19.1 Å². The van der Waals surface area contributed by atoms with E-state index >= 15 is 0 Å². The lowest BCUT2D eigenvalue weighted by Crippen LogP contribution is -2.30. The quantitative estimate of drug-likeness (QED) is 0.771. The molecule has 0 radical (unpaired) electrons. The number of nitrogens with two attached hydrogens (primary N) is 1. The Balaban J connectivity index is 2.12. The first-order valence-electron chi connectivity index (χ1n) is 4.98. The maximum atomic E-state index is 11.6. The first-order valence-corrected chi connectivity index (χ1v) is 4.98. The third-order valence-electron chi connectivity index (χ3n) is 2.29. The molecule has 1 aromatic carbocycles. The zero-order chi connectivity index (χ0) is 12.4. The van der Waals surface area contributed by atoms with Gasteiger partial charge in [0.1, 0.15) is 0 Å². The fourth-order valence-corrected chi connectivity index (χ4v) is 1.31. The number of esters is 1. The fourth-order valence-electron chi connectivity index (χ4n) is 1.31. The van der Waals surface area contributed by atoms with E-state index in [-0.39, 0.29) is 12.4 Å². The van der Waals surface area contributed by atoms with E-state index in [1.54, 1.807) is 6.07 Å². The topological polar surface area (TPSA) is 87.8 Å². The van der Waals surface area contributed by atoms with Crippen molar-refractivity contribution >= 4 is 11.9 Å². The number of carbonyl (C=O) groups excluding carboxylic acids is 2. The molecule has 6 nitrogen and oxygen atoms in total. The molecule has 90 valence electrons. The Hall–Kier alpha value is -2.24. The van der Waals surface area contributed by atoms with E-state index in [4.69, 9.17) is 19.9 Å². The lowest BCUT2D eigenvalue weighted by atomic mass is 10.2. The number of hydrogen-bond acceptors (Lipinski definition) is 5. The predicted molar refractivity (Wildman–Crippen MR) is 56.6 cm³/mol. The van der Waals surface area contributed by atoms with Gasteiger partial charge < -0.3 is 19.9 Å². The molecular weight excluding hydrogens is 226 g/mol. The maximum absolute atomic E-state index is 11.6. The highest BCUT2D eigenvalue weighted by Crippen LogP contribution is 2.32. The lowest BCUT2D eigenvalue weighted by molar-refractivity contribution is -0.125. The van der Waals surface area contributed by atoms with Crippen molar-refractivity contribution in [3.8, 4) is 11.5 Å². The molecule has 0 saturated heterocycles. The molecule has 1 amide bonds. The number of carbonyl (C=O) groups is 2. The second-order valence-corrected chi connectivity index (χ2v) is 3.52. The molecule has 1 aliphatic heterocycles. The number of benzene rings is 1. The minimum atomic E-state index is -0.965. The number of hydrogen-bond donors (Lipinski definition) is 1. The molecule has 0 saturated carbocycles. The van der Waals surface area contributed by atoms with Gasteiger partial charge in [0.05, 0.1) is 5.56 Å². The van der Waals surface area contributed by atoms with Crippen LogP contribution in [0.2, 0.25) is 0 Å². The van der Waals surface area contributed by atoms with Gasteiger partial charge in [-0.15, -0.1) is 0 Å². The van der Waals surface area contributed by atoms with E-state index < -0.39 is 18.0 Å². The summed E-state index contributed by atoms with van der Waals surface area (Å²) in [5.41, 5.74) is 5.27. The Morgan fingerprint density at radius 2 is 2.06 bits per heavy atom. The molecule has 0 fully saturated rings. The van der Waals surface area contributed by atoms with Crippen LogP contribution in [0.3, 0.4) is 0 Å². The predicted octanol–water partition coefficient (Wildman–Crippen LogP) is 0.446. The van der Waals surface area contributed by atoms with Gasteiger partial charge in [0.25, 0.3) is 5.91 Å². The van der Waals surface area contributed by atoms with Crippen molar-refractivity contribution in [2.45, 2.75) is 13.0 Å². The molecule has 2 N–H and O–H groups in total. The Labute approximate surface area is 97.3 Å². The van der Waals surface area contributed by atoms with Gasteiger partial charge in [0, 0.05) is 0 Å². The van der Waals surface area contributed by atoms with Crippen LogP contribution < -0.4 is 15.2 Å². The van der Waals surface area contributed by atoms with Crippen molar-refractivity contribution in [3.63, 3.8) is 0 Å². The Kier molecular flexibility index (Phi) is 2.86. The van der Waals surface area contributed by atoms with Gasteiger partial charge in [-0.3, -0.25) is 4.79 Å². The second-order valence-electron chi connectivity index (χ2n) is 3.52. The minimum absolute atomic E-state index is 0.130. The summed E-state index contributed by atoms with van der Waals surface area (Å²) in [7, 11) is 0. The molecule has 1 aromatic rings. The molecule has 6 heteroatoms. The van der Waals surface area contributed by atoms with Crippen LogP contribution >= 0.6 is 0 Å². The van der Waals surface area contributed by atoms with Crippen molar-refractivity contribution in [3.05, 3.63) is 23.8 Å². The number of ether oxygens (including phenoxy) is 3. The summed E-state index contributed by atoms with van der Waals surface area (Å²) in [4.78, 5) is 22.4. The highest BCUT2D eigenvalue weighted by atomic mass is 16.7. The summed E-state index contributed by atoms with van der Waals surface area (Å²) < 4.78 is 15.1. The third kappa shape index (κ3) is 2.30. The number of fused-ring (bicyclic) bond motifs is 1. The zero-order valence-electron chi connectivity index (χ0n) is 9.14. The second kappa shape index (κ2) is 4.32. The van der Waals surface area contributed by atoms with Gasteiger partial charge in [0.15, 0.2) is 17.6 Å². The van der Waals surface area contributed by atoms with Gasteiger partial charge in [0.2, 0.25) is 6.79 Å². The molecule has 0 unspecified atom stereocenters. The van der Waals surface area contributed by atoms with Crippen LogP contribution in [0.25, 0.3) is 0 Å². The van der Waals surface area contributed by atoms with Crippen molar-refractivity contribution in [2.24, 2.45) is 5.73 Å². The van der Waals surface area contributed by atoms with E-state index in [1.807, 2.05) is 0 Å². The molecule has 0 spiro atoms. The Morgan fingerprint density at radius 3 is 2.76 bits per heavy atom. The fraction of sp³-hybridized carbons (Fsp3) is 0.273. The highest BCUT2D eigenvalue weighted by Gasteiger charge is 2.19.